The number of hydrogen-bond donors (Lipinski definition) is 2. The Labute approximate surface area is 211 Å². The van der Waals surface area contributed by atoms with Gasteiger partial charge in [-0.2, -0.15) is 18.4 Å². The average molecular weight is 554 g/mol. The van der Waals surface area contributed by atoms with Gasteiger partial charge in [0.05, 0.1) is 27.9 Å². The van der Waals surface area contributed by atoms with Crippen molar-refractivity contribution in [3.05, 3.63) is 23.8 Å². The lowest BCUT2D eigenvalue weighted by molar-refractivity contribution is -0.139. The molecule has 1 heterocycles. The first kappa shape index (κ1) is 28.9. The Morgan fingerprint density at radius 1 is 1.19 bits per heavy atom. The van der Waals surface area contributed by atoms with Crippen molar-refractivity contribution in [2.45, 2.75) is 78.8 Å². The SMILES string of the molecule is CO[C@H]1CC[C@H](S(=O)(=O)c2ccc(N3CCC(F)(F)CC3)cc2C(F)(F)F)C1.N#CC1(NC(=O)O)CC1. The molecule has 3 aliphatic rings. The second kappa shape index (κ2) is 10.6. The maximum absolute atomic E-state index is 13.7. The van der Waals surface area contributed by atoms with Gasteiger partial charge in [-0.3, -0.25) is 0 Å². The van der Waals surface area contributed by atoms with Crippen molar-refractivity contribution in [1.82, 2.24) is 5.32 Å². The number of carboxylic acid groups (broad SMARTS) is 1. The molecule has 0 radical (unpaired) electrons. The molecule has 8 nitrogen and oxygen atoms in total. The van der Waals surface area contributed by atoms with Crippen LogP contribution in [-0.2, 0) is 20.8 Å². The van der Waals surface area contributed by atoms with E-state index in [2.05, 4.69) is 5.32 Å². The Morgan fingerprint density at radius 3 is 2.24 bits per heavy atom. The normalized spacial score (nSPS) is 24.4. The molecule has 1 amide bonds. The third kappa shape index (κ3) is 7.01. The molecule has 2 atom stereocenters. The van der Waals surface area contributed by atoms with E-state index in [1.54, 1.807) is 0 Å². The van der Waals surface area contributed by atoms with E-state index in [1.807, 2.05) is 6.07 Å². The lowest BCUT2D eigenvalue weighted by Gasteiger charge is -2.34. The lowest BCUT2D eigenvalue weighted by Crippen LogP contribution is -2.39. The summed E-state index contributed by atoms with van der Waals surface area (Å²) in [4.78, 5) is 10.6. The average Bonchev–Trinajstić information content (AvgIpc) is 3.40. The first-order valence-corrected chi connectivity index (χ1v) is 13.2. The van der Waals surface area contributed by atoms with Crippen LogP contribution in [-0.4, -0.2) is 62.6 Å². The fraction of sp³-hybridized carbons (Fsp3) is 0.652. The van der Waals surface area contributed by atoms with Gasteiger partial charge in [0.2, 0.25) is 0 Å². The fourth-order valence-electron chi connectivity index (χ4n) is 4.45. The predicted octanol–water partition coefficient (Wildman–Crippen LogP) is 4.59. The highest BCUT2D eigenvalue weighted by atomic mass is 32.2. The maximum Gasteiger partial charge on any atom is 0.417 e. The minimum atomic E-state index is -4.88. The van der Waals surface area contributed by atoms with Crippen molar-refractivity contribution < 1.29 is 45.0 Å². The maximum atomic E-state index is 13.7. The second-order valence-corrected chi connectivity index (χ2v) is 11.7. The van der Waals surface area contributed by atoms with Gasteiger partial charge >= 0.3 is 12.3 Å². The second-order valence-electron chi connectivity index (χ2n) is 9.48. The Balaban J connectivity index is 0.000000356. The number of carbonyl (C=O) groups is 1. The van der Waals surface area contributed by atoms with Gasteiger partial charge in [-0.05, 0) is 50.3 Å². The van der Waals surface area contributed by atoms with Gasteiger partial charge in [-0.15, -0.1) is 0 Å². The molecule has 4 rings (SSSR count). The smallest absolute Gasteiger partial charge is 0.417 e. The van der Waals surface area contributed by atoms with Crippen LogP contribution < -0.4 is 10.2 Å². The van der Waals surface area contributed by atoms with E-state index < -0.39 is 62.1 Å². The number of alkyl halides is 5. The predicted molar refractivity (Wildman–Crippen MR) is 122 cm³/mol. The van der Waals surface area contributed by atoms with Crippen LogP contribution in [0.4, 0.5) is 32.4 Å². The van der Waals surface area contributed by atoms with Crippen LogP contribution in [0.25, 0.3) is 0 Å². The topological polar surface area (TPSA) is 120 Å². The van der Waals surface area contributed by atoms with Crippen molar-refractivity contribution in [2.75, 3.05) is 25.1 Å². The number of halogens is 5. The van der Waals surface area contributed by atoms with Crippen LogP contribution in [0.5, 0.6) is 0 Å². The zero-order valence-electron chi connectivity index (χ0n) is 20.0. The van der Waals surface area contributed by atoms with E-state index in [-0.39, 0.29) is 37.7 Å². The lowest BCUT2D eigenvalue weighted by atomic mass is 10.1. The van der Waals surface area contributed by atoms with Crippen molar-refractivity contribution in [3.8, 4) is 6.07 Å². The zero-order chi connectivity index (χ0) is 27.6. The molecule has 0 unspecified atom stereocenters. The summed E-state index contributed by atoms with van der Waals surface area (Å²) in [5.74, 6) is -2.83. The number of ether oxygens (including phenoxy) is 1. The molecule has 14 heteroatoms. The molecular formula is C23H28F5N3O5S. The quantitative estimate of drug-likeness (QED) is 0.512. The Morgan fingerprint density at radius 2 is 1.81 bits per heavy atom. The van der Waals surface area contributed by atoms with E-state index in [0.717, 1.165) is 12.1 Å². The number of amides is 1. The number of hydrogen-bond acceptors (Lipinski definition) is 6. The van der Waals surface area contributed by atoms with E-state index in [4.69, 9.17) is 15.1 Å². The highest BCUT2D eigenvalue weighted by Crippen LogP contribution is 2.41. The number of piperidine rings is 1. The molecule has 2 N–H and O–H groups in total. The first-order chi connectivity index (χ1) is 17.1. The van der Waals surface area contributed by atoms with Gasteiger partial charge in [-0.1, -0.05) is 0 Å². The zero-order valence-corrected chi connectivity index (χ0v) is 20.8. The van der Waals surface area contributed by atoms with Crippen LogP contribution in [0.3, 0.4) is 0 Å². The number of nitrogens with one attached hydrogen (secondary N) is 1. The molecule has 0 spiro atoms. The van der Waals surface area contributed by atoms with E-state index in [1.165, 1.54) is 18.1 Å². The molecule has 2 saturated carbocycles. The van der Waals surface area contributed by atoms with Gasteiger partial charge in [0, 0.05) is 38.7 Å². The van der Waals surface area contributed by atoms with E-state index in [9.17, 15) is 35.2 Å². The molecule has 3 fully saturated rings. The summed E-state index contributed by atoms with van der Waals surface area (Å²) in [6.45, 7) is -0.178. The number of nitrogens with zero attached hydrogens (tertiary/aromatic N) is 2. The Kier molecular flexibility index (Phi) is 8.28. The van der Waals surface area contributed by atoms with Crippen molar-refractivity contribution in [3.63, 3.8) is 0 Å². The molecule has 1 aromatic carbocycles. The first-order valence-electron chi connectivity index (χ1n) is 11.7. The summed E-state index contributed by atoms with van der Waals surface area (Å²) in [5, 5.41) is 17.7. The monoisotopic (exact) mass is 553 g/mol. The van der Waals surface area contributed by atoms with Gasteiger partial charge in [-0.25, -0.2) is 22.0 Å². The molecule has 37 heavy (non-hydrogen) atoms. The van der Waals surface area contributed by atoms with Gasteiger partial charge < -0.3 is 20.1 Å². The van der Waals surface area contributed by atoms with Gasteiger partial charge in [0.25, 0.3) is 5.92 Å². The number of methoxy groups -OCH3 is 1. The molecule has 0 bridgehead atoms. The molecule has 1 aliphatic heterocycles. The molecule has 206 valence electrons. The minimum absolute atomic E-state index is 0.0888. The summed E-state index contributed by atoms with van der Waals surface area (Å²) in [6, 6.07) is 4.89. The van der Waals surface area contributed by atoms with Crippen molar-refractivity contribution in [2.24, 2.45) is 0 Å². The van der Waals surface area contributed by atoms with Crippen LogP contribution >= 0.6 is 0 Å². The molecule has 0 aromatic heterocycles. The van der Waals surface area contributed by atoms with Crippen LogP contribution in [0.1, 0.15) is 50.5 Å². The molecule has 2 aliphatic carbocycles. The minimum Gasteiger partial charge on any atom is -0.465 e. The summed E-state index contributed by atoms with van der Waals surface area (Å²) in [6.07, 6.45) is -5.02. The number of nitriles is 1. The number of benzene rings is 1. The van der Waals surface area contributed by atoms with Crippen LogP contribution in [0.2, 0.25) is 0 Å². The molecule has 1 aromatic rings. The van der Waals surface area contributed by atoms with Gasteiger partial charge in [0.1, 0.15) is 5.54 Å². The van der Waals surface area contributed by atoms with Crippen molar-refractivity contribution in [1.29, 1.82) is 5.26 Å². The third-order valence-corrected chi connectivity index (χ3v) is 9.13. The van der Waals surface area contributed by atoms with E-state index in [0.29, 0.717) is 19.3 Å². The van der Waals surface area contributed by atoms with Gasteiger partial charge in [0.15, 0.2) is 9.84 Å². The standard InChI is InChI=1S/C18H22F5NO3S.C5H6N2O2/c1-27-13-3-4-14(11-13)28(25,26)16-5-2-12(10-15(16)18(21,22)23)24-8-6-17(19,20)7-9-24;6-3-5(1-2-5)7-4(8)9/h2,5,10,13-14H,3-4,6-9,11H2,1H3;7H,1-2H2,(H,8,9)/t13-,14-;/m0./s1. The number of sulfone groups is 1. The highest BCUT2D eigenvalue weighted by molar-refractivity contribution is 7.92. The third-order valence-electron chi connectivity index (χ3n) is 6.85. The fourth-order valence-corrected chi connectivity index (χ4v) is 6.46. The molecular weight excluding hydrogens is 525 g/mol. The van der Waals surface area contributed by atoms with Crippen LogP contribution in [0, 0.1) is 11.3 Å². The summed E-state index contributed by atoms with van der Waals surface area (Å²) in [5.41, 5.74) is -1.88. The Bertz CT molecular complexity index is 1140. The largest absolute Gasteiger partial charge is 0.465 e. The van der Waals surface area contributed by atoms with Crippen molar-refractivity contribution >= 4 is 21.6 Å². The summed E-state index contributed by atoms with van der Waals surface area (Å²) in [7, 11) is -2.76. The Hall–Kier alpha value is -2.66. The number of anilines is 1. The van der Waals surface area contributed by atoms with Crippen LogP contribution in [0.15, 0.2) is 23.1 Å². The highest BCUT2D eigenvalue weighted by Gasteiger charge is 2.45. The molecule has 1 saturated heterocycles. The van der Waals surface area contributed by atoms with E-state index >= 15 is 0 Å². The summed E-state index contributed by atoms with van der Waals surface area (Å²) < 4.78 is 98.5. The number of rotatable bonds is 5. The summed E-state index contributed by atoms with van der Waals surface area (Å²) >= 11 is 0.